The molecule has 3 rings (SSSR count). The van der Waals surface area contributed by atoms with Gasteiger partial charge in [0.25, 0.3) is 0 Å². The molecule has 2 unspecified atom stereocenters. The van der Waals surface area contributed by atoms with Gasteiger partial charge in [0.2, 0.25) is 0 Å². The number of nitrogens with zero attached hydrogens (tertiary/aromatic N) is 2. The number of hydrogen-bond acceptors (Lipinski definition) is 4. The summed E-state index contributed by atoms with van der Waals surface area (Å²) in [7, 11) is 1.86. The topological polar surface area (TPSA) is 79.6 Å². The average molecular weight is 259 g/mol. The van der Waals surface area contributed by atoms with E-state index in [2.05, 4.69) is 27.2 Å². The van der Waals surface area contributed by atoms with Crippen LogP contribution < -0.4 is 11.1 Å². The van der Waals surface area contributed by atoms with Crippen LogP contribution in [0.2, 0.25) is 0 Å². The number of nitrogens with two attached hydrogens (primary N) is 1. The van der Waals surface area contributed by atoms with Crippen molar-refractivity contribution in [1.82, 2.24) is 15.0 Å². The zero-order valence-corrected chi connectivity index (χ0v) is 11.5. The minimum Gasteiger partial charge on any atom is -0.373 e. The number of fused-ring (bicyclic) bond motifs is 1. The van der Waals surface area contributed by atoms with Crippen molar-refractivity contribution in [2.75, 3.05) is 12.4 Å². The fourth-order valence-corrected chi connectivity index (χ4v) is 2.96. The van der Waals surface area contributed by atoms with Gasteiger partial charge in [-0.25, -0.2) is 9.97 Å². The Bertz CT molecular complexity index is 591. The highest BCUT2D eigenvalue weighted by Gasteiger charge is 2.38. The van der Waals surface area contributed by atoms with Crippen LogP contribution in [0.15, 0.2) is 12.1 Å². The van der Waals surface area contributed by atoms with Gasteiger partial charge in [-0.2, -0.15) is 0 Å². The first-order valence-corrected chi connectivity index (χ1v) is 6.94. The van der Waals surface area contributed by atoms with Gasteiger partial charge in [0.15, 0.2) is 5.65 Å². The third kappa shape index (κ3) is 1.98. The maximum atomic E-state index is 6.33. The molecule has 5 nitrogen and oxygen atoms in total. The van der Waals surface area contributed by atoms with E-state index in [1.165, 1.54) is 12.8 Å². The Hall–Kier alpha value is -1.62. The van der Waals surface area contributed by atoms with Gasteiger partial charge in [-0.05, 0) is 25.0 Å². The zero-order valence-electron chi connectivity index (χ0n) is 11.5. The van der Waals surface area contributed by atoms with E-state index in [1.807, 2.05) is 19.2 Å². The van der Waals surface area contributed by atoms with Gasteiger partial charge >= 0.3 is 0 Å². The molecule has 19 heavy (non-hydrogen) atoms. The molecule has 0 radical (unpaired) electrons. The molecule has 2 aromatic heterocycles. The minimum absolute atomic E-state index is 0.0568. The lowest BCUT2D eigenvalue weighted by atomic mass is 9.71. The molecule has 1 fully saturated rings. The van der Waals surface area contributed by atoms with E-state index >= 15 is 0 Å². The number of imidazole rings is 1. The fourth-order valence-electron chi connectivity index (χ4n) is 2.96. The van der Waals surface area contributed by atoms with Crippen molar-refractivity contribution in [2.45, 2.75) is 44.1 Å². The maximum absolute atomic E-state index is 6.33. The van der Waals surface area contributed by atoms with Crippen LogP contribution in [0.3, 0.4) is 0 Å². The highest BCUT2D eigenvalue weighted by atomic mass is 15.1. The molecule has 2 aromatic rings. The molecule has 0 aromatic carbocycles. The van der Waals surface area contributed by atoms with Gasteiger partial charge < -0.3 is 16.0 Å². The van der Waals surface area contributed by atoms with Crippen LogP contribution in [0.5, 0.6) is 0 Å². The Morgan fingerprint density at radius 3 is 2.95 bits per heavy atom. The summed E-state index contributed by atoms with van der Waals surface area (Å²) in [6.07, 6.45) is 4.60. The second kappa shape index (κ2) is 4.49. The lowest BCUT2D eigenvalue weighted by Gasteiger charge is -2.37. The van der Waals surface area contributed by atoms with Gasteiger partial charge in [-0.3, -0.25) is 0 Å². The summed E-state index contributed by atoms with van der Waals surface area (Å²) in [6, 6.07) is 4.14. The molecule has 1 saturated carbocycles. The molecule has 0 aliphatic heterocycles. The highest BCUT2D eigenvalue weighted by molar-refractivity contribution is 5.73. The van der Waals surface area contributed by atoms with Crippen LogP contribution in [0.1, 0.15) is 38.4 Å². The first-order chi connectivity index (χ1) is 9.13. The monoisotopic (exact) mass is 259 g/mol. The molecule has 1 aliphatic carbocycles. The van der Waals surface area contributed by atoms with E-state index in [4.69, 9.17) is 5.73 Å². The SMILES string of the molecule is CNc1ccc2[nH]c(C3(C)CCCCC3N)nc2n1. The molecule has 2 heterocycles. The lowest BCUT2D eigenvalue weighted by Crippen LogP contribution is -2.46. The molecule has 4 N–H and O–H groups in total. The number of aromatic nitrogens is 3. The molecule has 0 amide bonds. The molecular formula is C14H21N5. The Kier molecular flexibility index (Phi) is 2.93. The molecule has 0 bridgehead atoms. The fraction of sp³-hybridized carbons (Fsp3) is 0.571. The molecule has 1 aliphatic rings. The first kappa shape index (κ1) is 12.4. The summed E-state index contributed by atoms with van der Waals surface area (Å²) in [6.45, 7) is 2.22. The lowest BCUT2D eigenvalue weighted by molar-refractivity contribution is 0.260. The largest absolute Gasteiger partial charge is 0.373 e. The van der Waals surface area contributed by atoms with Crippen LogP contribution in [0.4, 0.5) is 5.82 Å². The number of hydrogen-bond donors (Lipinski definition) is 3. The Morgan fingerprint density at radius 2 is 2.21 bits per heavy atom. The summed E-state index contributed by atoms with van der Waals surface area (Å²) < 4.78 is 0. The second-order valence-corrected chi connectivity index (χ2v) is 5.67. The molecule has 0 spiro atoms. The first-order valence-electron chi connectivity index (χ1n) is 6.94. The summed E-state index contributed by atoms with van der Waals surface area (Å²) >= 11 is 0. The number of rotatable bonds is 2. The van der Waals surface area contributed by atoms with Gasteiger partial charge in [0, 0.05) is 18.5 Å². The quantitative estimate of drug-likeness (QED) is 0.772. The van der Waals surface area contributed by atoms with Crippen LogP contribution in [-0.4, -0.2) is 28.0 Å². The Morgan fingerprint density at radius 1 is 1.37 bits per heavy atom. The molecule has 2 atom stereocenters. The summed E-state index contributed by atoms with van der Waals surface area (Å²) in [4.78, 5) is 12.6. The Balaban J connectivity index is 2.04. The summed E-state index contributed by atoms with van der Waals surface area (Å²) in [5.74, 6) is 1.82. The third-order valence-electron chi connectivity index (χ3n) is 4.42. The number of pyridine rings is 1. The zero-order chi connectivity index (χ0) is 13.5. The van der Waals surface area contributed by atoms with Crippen molar-refractivity contribution in [1.29, 1.82) is 0 Å². The van der Waals surface area contributed by atoms with E-state index in [1.54, 1.807) is 0 Å². The van der Waals surface area contributed by atoms with Gasteiger partial charge in [0.1, 0.15) is 11.6 Å². The summed E-state index contributed by atoms with van der Waals surface area (Å²) in [5.41, 5.74) is 8.02. The van der Waals surface area contributed by atoms with Gasteiger partial charge in [0.05, 0.1) is 5.52 Å². The van der Waals surface area contributed by atoms with Gasteiger partial charge in [-0.1, -0.05) is 19.8 Å². The molecular weight excluding hydrogens is 238 g/mol. The number of anilines is 1. The highest BCUT2D eigenvalue weighted by Crippen LogP contribution is 2.37. The number of nitrogens with one attached hydrogen (secondary N) is 2. The van der Waals surface area contributed by atoms with Crippen molar-refractivity contribution in [3.05, 3.63) is 18.0 Å². The van der Waals surface area contributed by atoms with Crippen molar-refractivity contribution in [3.63, 3.8) is 0 Å². The molecule has 0 saturated heterocycles. The van der Waals surface area contributed by atoms with E-state index in [9.17, 15) is 0 Å². The van der Waals surface area contributed by atoms with Crippen molar-refractivity contribution < 1.29 is 0 Å². The van der Waals surface area contributed by atoms with E-state index in [0.717, 1.165) is 35.6 Å². The number of H-pyrrole nitrogens is 1. The number of aromatic amines is 1. The van der Waals surface area contributed by atoms with Crippen molar-refractivity contribution >= 4 is 17.0 Å². The predicted octanol–water partition coefficient (Wildman–Crippen LogP) is 2.16. The van der Waals surface area contributed by atoms with E-state index in [-0.39, 0.29) is 11.5 Å². The second-order valence-electron chi connectivity index (χ2n) is 5.67. The average Bonchev–Trinajstić information content (AvgIpc) is 2.85. The normalized spacial score (nSPS) is 27.6. The van der Waals surface area contributed by atoms with Gasteiger partial charge in [-0.15, -0.1) is 0 Å². The third-order valence-corrected chi connectivity index (χ3v) is 4.42. The molecule has 102 valence electrons. The van der Waals surface area contributed by atoms with Crippen LogP contribution >= 0.6 is 0 Å². The molecule has 5 heteroatoms. The maximum Gasteiger partial charge on any atom is 0.179 e. The van der Waals surface area contributed by atoms with E-state index < -0.39 is 0 Å². The van der Waals surface area contributed by atoms with Crippen LogP contribution in [-0.2, 0) is 5.41 Å². The smallest absolute Gasteiger partial charge is 0.179 e. The van der Waals surface area contributed by atoms with Crippen LogP contribution in [0.25, 0.3) is 11.2 Å². The minimum atomic E-state index is -0.0568. The Labute approximate surface area is 113 Å². The van der Waals surface area contributed by atoms with E-state index in [0.29, 0.717) is 0 Å². The predicted molar refractivity (Wildman–Crippen MR) is 77.2 cm³/mol. The van der Waals surface area contributed by atoms with Crippen molar-refractivity contribution in [2.24, 2.45) is 5.73 Å². The van der Waals surface area contributed by atoms with Crippen LogP contribution in [0, 0.1) is 0 Å². The standard InChI is InChI=1S/C14H21N5/c1-14(8-4-3-5-10(14)15)13-17-9-6-7-11(16-2)18-12(9)19-13/h6-7,10H,3-5,8,15H2,1-2H3,(H2,16,17,18,19). The van der Waals surface area contributed by atoms with Crippen molar-refractivity contribution in [3.8, 4) is 0 Å². The summed E-state index contributed by atoms with van der Waals surface area (Å²) in [5, 5.41) is 3.04.